The van der Waals surface area contributed by atoms with E-state index in [0.29, 0.717) is 11.6 Å². The van der Waals surface area contributed by atoms with Gasteiger partial charge in [0.25, 0.3) is 0 Å². The molecule has 0 aliphatic carbocycles. The van der Waals surface area contributed by atoms with Crippen molar-refractivity contribution in [1.82, 2.24) is 9.88 Å². The van der Waals surface area contributed by atoms with Crippen molar-refractivity contribution in [3.8, 4) is 0 Å². The second kappa shape index (κ2) is 4.92. The highest BCUT2D eigenvalue weighted by Crippen LogP contribution is 2.15. The summed E-state index contributed by atoms with van der Waals surface area (Å²) in [4.78, 5) is 6.27. The number of pyridine rings is 1. The Morgan fingerprint density at radius 2 is 2.20 bits per heavy atom. The summed E-state index contributed by atoms with van der Waals surface area (Å²) in [5.41, 5.74) is 0.663. The van der Waals surface area contributed by atoms with Gasteiger partial charge in [0, 0.05) is 23.3 Å². The summed E-state index contributed by atoms with van der Waals surface area (Å²) in [5, 5.41) is 9.90. The quantitative estimate of drug-likeness (QED) is 0.856. The van der Waals surface area contributed by atoms with Gasteiger partial charge in [-0.25, -0.2) is 0 Å². The Morgan fingerprint density at radius 3 is 2.73 bits per heavy atom. The lowest BCUT2D eigenvalue weighted by Crippen LogP contribution is -2.43. The lowest BCUT2D eigenvalue weighted by atomic mass is 10.1. The van der Waals surface area contributed by atoms with Crippen LogP contribution in [0.1, 0.15) is 19.5 Å². The van der Waals surface area contributed by atoms with Gasteiger partial charge < -0.3 is 5.11 Å². The molecule has 0 aliphatic rings. The molecule has 1 heterocycles. The van der Waals surface area contributed by atoms with Gasteiger partial charge in [-0.05, 0) is 33.0 Å². The molecule has 15 heavy (non-hydrogen) atoms. The minimum absolute atomic E-state index is 0.115. The lowest BCUT2D eigenvalue weighted by molar-refractivity contribution is 0.0724. The Kier molecular flexibility index (Phi) is 4.08. The summed E-state index contributed by atoms with van der Waals surface area (Å²) in [7, 11) is 1.96. The van der Waals surface area contributed by atoms with E-state index in [9.17, 15) is 5.11 Å². The number of aliphatic hydroxyl groups is 1. The molecule has 1 rings (SSSR count). The smallest absolute Gasteiger partial charge is 0.0610 e. The Morgan fingerprint density at radius 1 is 1.53 bits per heavy atom. The molecule has 1 N–H and O–H groups in total. The van der Waals surface area contributed by atoms with Crippen molar-refractivity contribution in [2.75, 3.05) is 13.7 Å². The highest BCUT2D eigenvalue weighted by molar-refractivity contribution is 6.30. The fraction of sp³-hybridized carbons (Fsp3) is 0.545. The molecule has 0 fully saturated rings. The Bertz CT molecular complexity index is 328. The van der Waals surface area contributed by atoms with Gasteiger partial charge in [0.1, 0.15) is 0 Å². The zero-order chi connectivity index (χ0) is 11.5. The van der Waals surface area contributed by atoms with Crippen LogP contribution in [-0.4, -0.2) is 34.2 Å². The molecule has 0 spiro atoms. The molecule has 84 valence electrons. The van der Waals surface area contributed by atoms with E-state index in [4.69, 9.17) is 11.6 Å². The molecular weight excluding hydrogens is 212 g/mol. The van der Waals surface area contributed by atoms with Gasteiger partial charge >= 0.3 is 0 Å². The van der Waals surface area contributed by atoms with Crippen molar-refractivity contribution in [1.29, 1.82) is 0 Å². The molecule has 3 nitrogen and oxygen atoms in total. The number of halogens is 1. The first kappa shape index (κ1) is 12.4. The highest BCUT2D eigenvalue weighted by Gasteiger charge is 2.22. The van der Waals surface area contributed by atoms with Gasteiger partial charge in [-0.15, -0.1) is 0 Å². The van der Waals surface area contributed by atoms with Crippen molar-refractivity contribution >= 4 is 11.6 Å². The van der Waals surface area contributed by atoms with Gasteiger partial charge in [0.05, 0.1) is 12.3 Å². The fourth-order valence-electron chi connectivity index (χ4n) is 1.11. The summed E-state index contributed by atoms with van der Waals surface area (Å²) in [6.45, 7) is 4.76. The molecule has 0 atom stereocenters. The van der Waals surface area contributed by atoms with Gasteiger partial charge in [-0.1, -0.05) is 11.6 Å². The first-order valence-corrected chi connectivity index (χ1v) is 5.26. The van der Waals surface area contributed by atoms with E-state index in [-0.39, 0.29) is 12.1 Å². The van der Waals surface area contributed by atoms with Crippen molar-refractivity contribution < 1.29 is 5.11 Å². The lowest BCUT2D eigenvalue weighted by Gasteiger charge is -2.33. The minimum Gasteiger partial charge on any atom is -0.394 e. The van der Waals surface area contributed by atoms with Gasteiger partial charge in [0.2, 0.25) is 0 Å². The van der Waals surface area contributed by atoms with E-state index < -0.39 is 0 Å². The van der Waals surface area contributed by atoms with Crippen LogP contribution in [-0.2, 0) is 6.54 Å². The van der Waals surface area contributed by atoms with Crippen molar-refractivity contribution in [2.45, 2.75) is 25.9 Å². The Labute approximate surface area is 95.7 Å². The maximum atomic E-state index is 9.21. The molecule has 1 aromatic heterocycles. The highest BCUT2D eigenvalue weighted by atomic mass is 35.5. The summed E-state index contributed by atoms with van der Waals surface area (Å²) < 4.78 is 0. The summed E-state index contributed by atoms with van der Waals surface area (Å²) >= 11 is 5.87. The van der Waals surface area contributed by atoms with Crippen LogP contribution in [0.3, 0.4) is 0 Å². The van der Waals surface area contributed by atoms with E-state index in [1.54, 1.807) is 12.3 Å². The van der Waals surface area contributed by atoms with Crippen LogP contribution >= 0.6 is 11.6 Å². The molecule has 0 radical (unpaired) electrons. The second-order valence-corrected chi connectivity index (χ2v) is 4.73. The zero-order valence-electron chi connectivity index (χ0n) is 9.37. The van der Waals surface area contributed by atoms with Crippen LogP contribution in [0.4, 0.5) is 0 Å². The van der Waals surface area contributed by atoms with Gasteiger partial charge in [0.15, 0.2) is 0 Å². The minimum atomic E-state index is -0.246. The number of hydrogen-bond acceptors (Lipinski definition) is 3. The molecule has 4 heteroatoms. The van der Waals surface area contributed by atoms with Crippen LogP contribution in [0, 0.1) is 0 Å². The Hall–Kier alpha value is -0.640. The number of hydrogen-bond donors (Lipinski definition) is 1. The van der Waals surface area contributed by atoms with Crippen molar-refractivity contribution in [2.24, 2.45) is 0 Å². The molecule has 0 saturated carbocycles. The van der Waals surface area contributed by atoms with E-state index in [1.165, 1.54) is 0 Å². The van der Waals surface area contributed by atoms with Crippen molar-refractivity contribution in [3.63, 3.8) is 0 Å². The van der Waals surface area contributed by atoms with Crippen LogP contribution in [0.2, 0.25) is 5.02 Å². The largest absolute Gasteiger partial charge is 0.394 e. The third-order valence-corrected chi connectivity index (χ3v) is 2.83. The average Bonchev–Trinajstić information content (AvgIpc) is 2.17. The SMILES string of the molecule is CN(Cc1cc(Cl)ccn1)C(C)(C)CO. The molecule has 0 amide bonds. The van der Waals surface area contributed by atoms with Crippen LogP contribution in [0.25, 0.3) is 0 Å². The topological polar surface area (TPSA) is 36.4 Å². The second-order valence-electron chi connectivity index (χ2n) is 4.29. The van der Waals surface area contributed by atoms with E-state index in [0.717, 1.165) is 5.69 Å². The van der Waals surface area contributed by atoms with Crippen LogP contribution in [0.15, 0.2) is 18.3 Å². The standard InChI is InChI=1S/C11H17ClN2O/c1-11(2,8-15)14(3)7-10-6-9(12)4-5-13-10/h4-6,15H,7-8H2,1-3H3. The predicted molar refractivity (Wildman–Crippen MR) is 61.9 cm³/mol. The average molecular weight is 229 g/mol. The molecule has 1 aromatic rings. The molecule has 0 aromatic carbocycles. The third kappa shape index (κ3) is 3.45. The zero-order valence-corrected chi connectivity index (χ0v) is 10.1. The van der Waals surface area contributed by atoms with Crippen LogP contribution < -0.4 is 0 Å². The number of nitrogens with zero attached hydrogens (tertiary/aromatic N) is 2. The third-order valence-electron chi connectivity index (χ3n) is 2.60. The summed E-state index contributed by atoms with van der Waals surface area (Å²) in [6, 6.07) is 3.59. The van der Waals surface area contributed by atoms with Gasteiger partial charge in [-0.2, -0.15) is 0 Å². The number of aromatic nitrogens is 1. The maximum Gasteiger partial charge on any atom is 0.0610 e. The molecule has 0 bridgehead atoms. The van der Waals surface area contributed by atoms with E-state index in [2.05, 4.69) is 4.98 Å². The molecule has 0 aliphatic heterocycles. The number of rotatable bonds is 4. The van der Waals surface area contributed by atoms with Crippen molar-refractivity contribution in [3.05, 3.63) is 29.0 Å². The molecule has 0 saturated heterocycles. The number of likely N-dealkylation sites (N-methyl/N-ethyl adjacent to an activating group) is 1. The first-order valence-electron chi connectivity index (χ1n) is 4.88. The van der Waals surface area contributed by atoms with Gasteiger partial charge in [-0.3, -0.25) is 9.88 Å². The molecular formula is C11H17ClN2O. The maximum absolute atomic E-state index is 9.21. The van der Waals surface area contributed by atoms with Crippen LogP contribution in [0.5, 0.6) is 0 Å². The monoisotopic (exact) mass is 228 g/mol. The van der Waals surface area contributed by atoms with E-state index >= 15 is 0 Å². The normalized spacial score (nSPS) is 12.1. The summed E-state index contributed by atoms with van der Waals surface area (Å²) in [6.07, 6.45) is 1.69. The first-order chi connectivity index (χ1) is 6.95. The summed E-state index contributed by atoms with van der Waals surface area (Å²) in [5.74, 6) is 0. The number of aliphatic hydroxyl groups excluding tert-OH is 1. The van der Waals surface area contributed by atoms with E-state index in [1.807, 2.05) is 31.9 Å². The molecule has 0 unspecified atom stereocenters. The Balaban J connectivity index is 2.70. The predicted octanol–water partition coefficient (Wildman–Crippen LogP) is 1.94. The fourth-order valence-corrected chi connectivity index (χ4v) is 1.30.